The second-order valence-corrected chi connectivity index (χ2v) is 6.35. The molecule has 1 atom stereocenters. The molecule has 1 saturated heterocycles. The topological polar surface area (TPSA) is 61.8 Å². The molecule has 0 saturated carbocycles. The van der Waals surface area contributed by atoms with Crippen LogP contribution in [0.25, 0.3) is 0 Å². The average Bonchev–Trinajstić information content (AvgIpc) is 2.91. The normalized spacial score (nSPS) is 18.4. The van der Waals surface area contributed by atoms with E-state index in [9.17, 15) is 9.90 Å². The number of nitrogens with zero attached hydrogens (tertiary/aromatic N) is 1. The molecule has 2 rings (SSSR count). The van der Waals surface area contributed by atoms with Crippen LogP contribution < -0.4 is 10.1 Å². The summed E-state index contributed by atoms with van der Waals surface area (Å²) in [5.74, 6) is 0.830. The average molecular weight is 306 g/mol. The van der Waals surface area contributed by atoms with Gasteiger partial charge in [0.1, 0.15) is 5.75 Å². The first-order chi connectivity index (χ1) is 10.3. The van der Waals surface area contributed by atoms with Gasteiger partial charge in [0, 0.05) is 12.2 Å². The van der Waals surface area contributed by atoms with Crippen LogP contribution in [0.15, 0.2) is 18.2 Å². The summed E-state index contributed by atoms with van der Waals surface area (Å²) in [6, 6.07) is 5.30. The minimum atomic E-state index is -0.886. The lowest BCUT2D eigenvalue weighted by Gasteiger charge is -2.33. The van der Waals surface area contributed by atoms with Gasteiger partial charge in [0.2, 0.25) is 0 Å². The zero-order valence-corrected chi connectivity index (χ0v) is 13.8. The lowest BCUT2D eigenvalue weighted by molar-refractivity contribution is 0.0117. The number of hydrogen-bond acceptors (Lipinski definition) is 3. The number of rotatable bonds is 4. The smallest absolute Gasteiger partial charge is 0.322 e. The van der Waals surface area contributed by atoms with Crippen molar-refractivity contribution in [3.63, 3.8) is 0 Å². The molecule has 1 aromatic carbocycles. The van der Waals surface area contributed by atoms with Crippen molar-refractivity contribution in [2.24, 2.45) is 0 Å². The third-order valence-corrected chi connectivity index (χ3v) is 4.06. The van der Waals surface area contributed by atoms with Crippen LogP contribution in [0.2, 0.25) is 0 Å². The maximum Gasteiger partial charge on any atom is 0.322 e. The number of aryl methyl sites for hydroxylation is 1. The first kappa shape index (κ1) is 16.6. The molecule has 122 valence electrons. The van der Waals surface area contributed by atoms with Crippen LogP contribution in [0, 0.1) is 6.92 Å². The molecular weight excluding hydrogens is 280 g/mol. The minimum Gasteiger partial charge on any atom is -0.494 e. The van der Waals surface area contributed by atoms with Gasteiger partial charge in [0.05, 0.1) is 18.2 Å². The number of aliphatic hydroxyl groups is 1. The SMILES string of the molecule is CCOc1ccc(NC(=O)N2CCCC2C(C)(C)O)cc1C. The Bertz CT molecular complexity index is 537. The summed E-state index contributed by atoms with van der Waals surface area (Å²) in [5, 5.41) is 13.1. The predicted octanol–water partition coefficient (Wildman–Crippen LogP) is 3.16. The maximum atomic E-state index is 12.5. The van der Waals surface area contributed by atoms with Gasteiger partial charge in [-0.25, -0.2) is 4.79 Å². The molecule has 1 fully saturated rings. The fourth-order valence-corrected chi connectivity index (χ4v) is 2.98. The Morgan fingerprint density at radius 2 is 2.23 bits per heavy atom. The number of likely N-dealkylation sites (tertiary alicyclic amines) is 1. The molecule has 0 aliphatic carbocycles. The molecule has 1 unspecified atom stereocenters. The number of carbonyl (C=O) groups excluding carboxylic acids is 1. The molecule has 0 bridgehead atoms. The molecule has 5 heteroatoms. The number of amides is 2. The molecule has 2 amide bonds. The van der Waals surface area contributed by atoms with E-state index < -0.39 is 5.60 Å². The molecular formula is C17H26N2O3. The van der Waals surface area contributed by atoms with Gasteiger partial charge in [0.15, 0.2) is 0 Å². The molecule has 5 nitrogen and oxygen atoms in total. The summed E-state index contributed by atoms with van der Waals surface area (Å²) in [4.78, 5) is 14.2. The van der Waals surface area contributed by atoms with Gasteiger partial charge < -0.3 is 20.1 Å². The van der Waals surface area contributed by atoms with Crippen LogP contribution in [0.1, 0.15) is 39.2 Å². The van der Waals surface area contributed by atoms with Crippen LogP contribution in [0.4, 0.5) is 10.5 Å². The van der Waals surface area contributed by atoms with E-state index in [0.29, 0.717) is 13.2 Å². The maximum absolute atomic E-state index is 12.5. The van der Waals surface area contributed by atoms with Crippen molar-refractivity contribution in [1.82, 2.24) is 4.90 Å². The van der Waals surface area contributed by atoms with E-state index in [1.807, 2.05) is 32.0 Å². The lowest BCUT2D eigenvalue weighted by atomic mass is 9.97. The monoisotopic (exact) mass is 306 g/mol. The third-order valence-electron chi connectivity index (χ3n) is 4.06. The van der Waals surface area contributed by atoms with Crippen molar-refractivity contribution < 1.29 is 14.6 Å². The Morgan fingerprint density at radius 1 is 1.50 bits per heavy atom. The number of carbonyl (C=O) groups is 1. The van der Waals surface area contributed by atoms with Gasteiger partial charge in [-0.2, -0.15) is 0 Å². The van der Waals surface area contributed by atoms with Gasteiger partial charge in [-0.15, -0.1) is 0 Å². The van der Waals surface area contributed by atoms with E-state index in [0.717, 1.165) is 29.8 Å². The van der Waals surface area contributed by atoms with Crippen molar-refractivity contribution in [1.29, 1.82) is 0 Å². The number of benzene rings is 1. The van der Waals surface area contributed by atoms with Crippen LogP contribution >= 0.6 is 0 Å². The number of ether oxygens (including phenoxy) is 1. The molecule has 1 aromatic rings. The van der Waals surface area contributed by atoms with Crippen LogP contribution in [0.5, 0.6) is 5.75 Å². The number of urea groups is 1. The largest absolute Gasteiger partial charge is 0.494 e. The second-order valence-electron chi connectivity index (χ2n) is 6.35. The molecule has 0 aromatic heterocycles. The first-order valence-electron chi connectivity index (χ1n) is 7.86. The highest BCUT2D eigenvalue weighted by Gasteiger charge is 2.38. The summed E-state index contributed by atoms with van der Waals surface area (Å²) < 4.78 is 5.50. The van der Waals surface area contributed by atoms with E-state index in [4.69, 9.17) is 4.74 Å². The molecule has 0 radical (unpaired) electrons. The molecule has 1 aliphatic heterocycles. The Balaban J connectivity index is 2.07. The Labute approximate surface area is 132 Å². The third kappa shape index (κ3) is 3.71. The first-order valence-corrected chi connectivity index (χ1v) is 7.86. The van der Waals surface area contributed by atoms with E-state index in [1.165, 1.54) is 0 Å². The molecule has 1 heterocycles. The standard InChI is InChI=1S/C17H26N2O3/c1-5-22-14-9-8-13(11-12(14)2)18-16(20)19-10-6-7-15(19)17(3,4)21/h8-9,11,15,21H,5-7,10H2,1-4H3,(H,18,20). The Kier molecular flexibility index (Phi) is 4.96. The van der Waals surface area contributed by atoms with E-state index in [2.05, 4.69) is 5.32 Å². The summed E-state index contributed by atoms with van der Waals surface area (Å²) in [6.45, 7) is 8.70. The predicted molar refractivity (Wildman–Crippen MR) is 87.4 cm³/mol. The number of nitrogens with one attached hydrogen (secondary N) is 1. The van der Waals surface area contributed by atoms with Gasteiger partial charge in [-0.3, -0.25) is 0 Å². The fraction of sp³-hybridized carbons (Fsp3) is 0.588. The Hall–Kier alpha value is -1.75. The zero-order valence-electron chi connectivity index (χ0n) is 13.8. The molecule has 2 N–H and O–H groups in total. The summed E-state index contributed by atoms with van der Waals surface area (Å²) in [7, 11) is 0. The highest BCUT2D eigenvalue weighted by molar-refractivity contribution is 5.90. The number of hydrogen-bond donors (Lipinski definition) is 2. The van der Waals surface area contributed by atoms with Crippen molar-refractivity contribution in [3.8, 4) is 5.75 Å². The summed E-state index contributed by atoms with van der Waals surface area (Å²) in [5.41, 5.74) is 0.843. The highest BCUT2D eigenvalue weighted by Crippen LogP contribution is 2.28. The van der Waals surface area contributed by atoms with Crippen molar-refractivity contribution in [3.05, 3.63) is 23.8 Å². The zero-order chi connectivity index (χ0) is 16.3. The second kappa shape index (κ2) is 6.57. The Morgan fingerprint density at radius 3 is 2.82 bits per heavy atom. The lowest BCUT2D eigenvalue weighted by Crippen LogP contribution is -2.49. The van der Waals surface area contributed by atoms with E-state index >= 15 is 0 Å². The molecule has 0 spiro atoms. The van der Waals surface area contributed by atoms with Gasteiger partial charge >= 0.3 is 6.03 Å². The van der Waals surface area contributed by atoms with E-state index in [-0.39, 0.29) is 12.1 Å². The van der Waals surface area contributed by atoms with Crippen LogP contribution in [-0.4, -0.2) is 40.8 Å². The molecule has 22 heavy (non-hydrogen) atoms. The van der Waals surface area contributed by atoms with Crippen LogP contribution in [-0.2, 0) is 0 Å². The van der Waals surface area contributed by atoms with Crippen molar-refractivity contribution in [2.45, 2.75) is 52.2 Å². The fourth-order valence-electron chi connectivity index (χ4n) is 2.98. The van der Waals surface area contributed by atoms with Gasteiger partial charge in [0.25, 0.3) is 0 Å². The minimum absolute atomic E-state index is 0.142. The van der Waals surface area contributed by atoms with Gasteiger partial charge in [-0.05, 0) is 64.3 Å². The molecule has 1 aliphatic rings. The summed E-state index contributed by atoms with van der Waals surface area (Å²) >= 11 is 0. The van der Waals surface area contributed by atoms with Crippen molar-refractivity contribution in [2.75, 3.05) is 18.5 Å². The quantitative estimate of drug-likeness (QED) is 0.898. The van der Waals surface area contributed by atoms with Crippen LogP contribution in [0.3, 0.4) is 0 Å². The summed E-state index contributed by atoms with van der Waals surface area (Å²) in [6.07, 6.45) is 1.75. The highest BCUT2D eigenvalue weighted by atomic mass is 16.5. The van der Waals surface area contributed by atoms with Crippen molar-refractivity contribution >= 4 is 11.7 Å². The number of anilines is 1. The van der Waals surface area contributed by atoms with Gasteiger partial charge in [-0.1, -0.05) is 0 Å². The van der Waals surface area contributed by atoms with E-state index in [1.54, 1.807) is 18.7 Å².